The number of nitrogens with two attached hydrogens (primary N) is 3. The van der Waals surface area contributed by atoms with Gasteiger partial charge in [0.15, 0.2) is 0 Å². The van der Waals surface area contributed by atoms with Gasteiger partial charge in [-0.1, -0.05) is 0 Å². The highest BCUT2D eigenvalue weighted by atomic mass is 16.5. The van der Waals surface area contributed by atoms with Crippen molar-refractivity contribution in [1.29, 1.82) is 5.26 Å². The first kappa shape index (κ1) is 35.7. The van der Waals surface area contributed by atoms with E-state index in [1.807, 2.05) is 0 Å². The summed E-state index contributed by atoms with van der Waals surface area (Å²) >= 11 is 0. The van der Waals surface area contributed by atoms with Crippen LogP contribution in [0, 0.1) is 11.3 Å². The summed E-state index contributed by atoms with van der Waals surface area (Å²) in [5.74, 6) is 2.67. The molecule has 4 aromatic carbocycles. The molecule has 0 bridgehead atoms. The first-order chi connectivity index (χ1) is 24.8. The number of fused-ring (bicyclic) bond motifs is 2. The molecule has 6 rings (SSSR count). The van der Waals surface area contributed by atoms with E-state index in [2.05, 4.69) is 16.0 Å². The molecular formula is C38H36N6O7. The lowest BCUT2D eigenvalue weighted by atomic mass is 10.1. The van der Waals surface area contributed by atoms with Gasteiger partial charge < -0.3 is 45.6 Å². The lowest BCUT2D eigenvalue weighted by Gasteiger charge is -2.13. The molecule has 1 amide bonds. The van der Waals surface area contributed by atoms with Gasteiger partial charge in [-0.2, -0.15) is 5.26 Å². The van der Waals surface area contributed by atoms with E-state index in [0.29, 0.717) is 94.3 Å². The van der Waals surface area contributed by atoms with Crippen LogP contribution in [0.25, 0.3) is 21.8 Å². The predicted molar refractivity (Wildman–Crippen MR) is 193 cm³/mol. The van der Waals surface area contributed by atoms with Crippen LogP contribution in [0.15, 0.2) is 97.3 Å². The topological polar surface area (TPSA) is 200 Å². The molecular weight excluding hydrogens is 652 g/mol. The third-order valence-electron chi connectivity index (χ3n) is 7.30. The number of nitrogen functional groups attached to an aromatic ring is 2. The zero-order valence-electron chi connectivity index (χ0n) is 28.0. The molecule has 13 heteroatoms. The van der Waals surface area contributed by atoms with Gasteiger partial charge in [0.05, 0.1) is 35.4 Å². The van der Waals surface area contributed by atoms with Gasteiger partial charge in [-0.25, -0.2) is 0 Å². The first-order valence-electron chi connectivity index (χ1n) is 15.6. The molecule has 51 heavy (non-hydrogen) atoms. The van der Waals surface area contributed by atoms with Crippen molar-refractivity contribution in [2.24, 2.45) is 5.73 Å². The molecule has 13 nitrogen and oxygen atoms in total. The number of aromatic nitrogens is 2. The number of nitriles is 1. The summed E-state index contributed by atoms with van der Waals surface area (Å²) in [6.45, 7) is 1.49. The lowest BCUT2D eigenvalue weighted by molar-refractivity contribution is 0.0992. The predicted octanol–water partition coefficient (Wildman–Crippen LogP) is 6.24. The number of carbonyl (C=O) groups excluding carboxylic acids is 1. The number of amides is 1. The van der Waals surface area contributed by atoms with Crippen LogP contribution in [-0.4, -0.2) is 56.5 Å². The van der Waals surface area contributed by atoms with Crippen LogP contribution in [0.1, 0.15) is 15.9 Å². The van der Waals surface area contributed by atoms with Crippen molar-refractivity contribution >= 4 is 39.1 Å². The summed E-state index contributed by atoms with van der Waals surface area (Å²) in [7, 11) is 3.17. The molecule has 6 N–H and O–H groups in total. The average Bonchev–Trinajstić information content (AvgIpc) is 3.13. The zero-order valence-corrected chi connectivity index (χ0v) is 28.0. The number of pyridine rings is 2. The molecule has 260 valence electrons. The fourth-order valence-electron chi connectivity index (χ4n) is 4.79. The van der Waals surface area contributed by atoms with Gasteiger partial charge in [-0.05, 0) is 72.8 Å². The molecule has 0 saturated carbocycles. The van der Waals surface area contributed by atoms with Crippen molar-refractivity contribution in [3.05, 3.63) is 108 Å². The van der Waals surface area contributed by atoms with Gasteiger partial charge >= 0.3 is 0 Å². The maximum absolute atomic E-state index is 11.8. The van der Waals surface area contributed by atoms with Crippen molar-refractivity contribution < 1.29 is 33.2 Å². The van der Waals surface area contributed by atoms with E-state index >= 15 is 0 Å². The Morgan fingerprint density at radius 1 is 0.647 bits per heavy atom. The molecule has 2 heterocycles. The van der Waals surface area contributed by atoms with E-state index in [9.17, 15) is 10.1 Å². The van der Waals surface area contributed by atoms with Crippen LogP contribution in [0.2, 0.25) is 0 Å². The van der Waals surface area contributed by atoms with Gasteiger partial charge in [0.1, 0.15) is 53.8 Å². The highest BCUT2D eigenvalue weighted by Crippen LogP contribution is 2.35. The van der Waals surface area contributed by atoms with Crippen LogP contribution in [0.4, 0.5) is 11.4 Å². The number of anilines is 2. The minimum atomic E-state index is -0.596. The zero-order chi connectivity index (χ0) is 36.2. The maximum Gasteiger partial charge on any atom is 0.252 e. The molecule has 6 aromatic rings. The van der Waals surface area contributed by atoms with Crippen molar-refractivity contribution in [2.45, 2.75) is 0 Å². The summed E-state index contributed by atoms with van der Waals surface area (Å²) < 4.78 is 33.0. The van der Waals surface area contributed by atoms with Crippen molar-refractivity contribution in [3.63, 3.8) is 0 Å². The monoisotopic (exact) mass is 688 g/mol. The fourth-order valence-corrected chi connectivity index (χ4v) is 4.79. The summed E-state index contributed by atoms with van der Waals surface area (Å²) in [6, 6.07) is 26.5. The van der Waals surface area contributed by atoms with E-state index in [1.54, 1.807) is 112 Å². The molecule has 0 unspecified atom stereocenters. The minimum Gasteiger partial charge on any atom is -0.490 e. The number of rotatable bonds is 13. The van der Waals surface area contributed by atoms with E-state index in [4.69, 9.17) is 45.6 Å². The van der Waals surface area contributed by atoms with E-state index in [1.165, 1.54) is 0 Å². The Morgan fingerprint density at radius 3 is 1.59 bits per heavy atom. The Hall–Kier alpha value is -6.62. The number of primary amides is 1. The van der Waals surface area contributed by atoms with Gasteiger partial charge in [0.2, 0.25) is 0 Å². The van der Waals surface area contributed by atoms with Gasteiger partial charge in [-0.3, -0.25) is 14.8 Å². The van der Waals surface area contributed by atoms with Crippen LogP contribution in [-0.2, 0) is 9.47 Å². The highest BCUT2D eigenvalue weighted by Gasteiger charge is 2.15. The Kier molecular flexibility index (Phi) is 12.0. The summed E-state index contributed by atoms with van der Waals surface area (Å²) in [5.41, 5.74) is 20.2. The quantitative estimate of drug-likeness (QED) is 0.0913. The number of methoxy groups -OCH3 is 2. The molecule has 0 aliphatic rings. The minimum absolute atomic E-state index is 0.253. The summed E-state index contributed by atoms with van der Waals surface area (Å²) in [5, 5.41) is 10.8. The van der Waals surface area contributed by atoms with Crippen molar-refractivity contribution in [1.82, 2.24) is 9.97 Å². The third kappa shape index (κ3) is 9.30. The van der Waals surface area contributed by atoms with E-state index in [0.717, 1.165) is 5.39 Å². The van der Waals surface area contributed by atoms with Crippen LogP contribution in [0.5, 0.6) is 34.5 Å². The Balaban J connectivity index is 0.000000198. The molecule has 0 aliphatic carbocycles. The number of hydrogen-bond acceptors (Lipinski definition) is 12. The maximum atomic E-state index is 11.8. The molecule has 0 atom stereocenters. The second-order valence-electron chi connectivity index (χ2n) is 10.8. The number of ether oxygens (including phenoxy) is 6. The Labute approximate surface area is 294 Å². The number of benzene rings is 4. The largest absolute Gasteiger partial charge is 0.490 e. The molecule has 2 aromatic heterocycles. The smallest absolute Gasteiger partial charge is 0.252 e. The van der Waals surface area contributed by atoms with Crippen LogP contribution < -0.4 is 36.1 Å². The SMILES string of the molecule is COCCOc1cc2nccc(Oc3ccc(N)cc3)c2cc1C#N.COCCOc1cc2nccc(Oc3ccc(N)cc3)c2cc1C(N)=O. The molecule has 0 aliphatic heterocycles. The highest BCUT2D eigenvalue weighted by molar-refractivity contribution is 6.01. The van der Waals surface area contributed by atoms with Gasteiger partial charge in [0, 0.05) is 60.9 Å². The Bertz CT molecular complexity index is 2150. The van der Waals surface area contributed by atoms with E-state index in [-0.39, 0.29) is 5.56 Å². The molecule has 0 radical (unpaired) electrons. The first-order valence-corrected chi connectivity index (χ1v) is 15.6. The van der Waals surface area contributed by atoms with Crippen molar-refractivity contribution in [3.8, 4) is 40.6 Å². The van der Waals surface area contributed by atoms with Gasteiger partial charge in [-0.15, -0.1) is 0 Å². The van der Waals surface area contributed by atoms with E-state index < -0.39 is 5.91 Å². The average molecular weight is 689 g/mol. The lowest BCUT2D eigenvalue weighted by Crippen LogP contribution is -2.14. The molecule has 0 spiro atoms. The van der Waals surface area contributed by atoms with Crippen LogP contribution >= 0.6 is 0 Å². The molecule has 0 fully saturated rings. The third-order valence-corrected chi connectivity index (χ3v) is 7.30. The second-order valence-corrected chi connectivity index (χ2v) is 10.8. The number of hydrogen-bond donors (Lipinski definition) is 3. The standard InChI is InChI=1S/C19H19N3O4.C19H17N3O3/c1-24-8-9-25-18-11-16-14(10-15(18)19(21)23)17(6-7-22-16)26-13-4-2-12(20)3-5-13;1-23-8-9-24-19-11-17-16(10-13(19)12-20)18(6-7-22-17)25-15-4-2-14(21)3-5-15/h2-7,10-11H,8-9,20H2,1H3,(H2,21,23);2-7,10-11H,8-9,21H2,1H3. The van der Waals surface area contributed by atoms with Gasteiger partial charge in [0.25, 0.3) is 5.91 Å². The van der Waals surface area contributed by atoms with Crippen LogP contribution in [0.3, 0.4) is 0 Å². The fraction of sp³-hybridized carbons (Fsp3) is 0.158. The summed E-state index contributed by atoms with van der Waals surface area (Å²) in [4.78, 5) is 20.5. The second kappa shape index (κ2) is 17.2. The molecule has 0 saturated heterocycles. The van der Waals surface area contributed by atoms with Crippen molar-refractivity contribution in [2.75, 3.05) is 52.1 Å². The number of carbonyl (C=O) groups is 1. The number of nitrogens with zero attached hydrogens (tertiary/aromatic N) is 3. The Morgan fingerprint density at radius 2 is 1.12 bits per heavy atom. The summed E-state index contributed by atoms with van der Waals surface area (Å²) in [6.07, 6.45) is 3.28. The normalized spacial score (nSPS) is 10.5.